The Morgan fingerprint density at radius 3 is 2.30 bits per heavy atom. The van der Waals surface area contributed by atoms with Gasteiger partial charge in [0, 0.05) is 33.9 Å². The highest BCUT2D eigenvalue weighted by molar-refractivity contribution is 6.38. The van der Waals surface area contributed by atoms with E-state index >= 15 is 0 Å². The van der Waals surface area contributed by atoms with Gasteiger partial charge in [-0.2, -0.15) is 0 Å². The van der Waals surface area contributed by atoms with Crippen LogP contribution in [0.15, 0.2) is 109 Å². The molecule has 4 aromatic carbocycles. The highest BCUT2D eigenvalue weighted by Gasteiger charge is 2.33. The molecule has 0 aliphatic carbocycles. The van der Waals surface area contributed by atoms with Crippen molar-refractivity contribution in [1.82, 2.24) is 4.57 Å². The van der Waals surface area contributed by atoms with Crippen LogP contribution in [0.4, 0.5) is 11.4 Å². The summed E-state index contributed by atoms with van der Waals surface area (Å²) in [6, 6.07) is 33.6. The molecule has 1 aromatic heterocycles. The van der Waals surface area contributed by atoms with E-state index in [2.05, 4.69) is 22.9 Å². The molecular formula is C32H26N2O3. The minimum absolute atomic E-state index is 0.0212. The van der Waals surface area contributed by atoms with Crippen molar-refractivity contribution in [3.8, 4) is 11.5 Å². The summed E-state index contributed by atoms with van der Waals surface area (Å²) in [7, 11) is 1.65. The Labute approximate surface area is 215 Å². The van der Waals surface area contributed by atoms with Crippen molar-refractivity contribution in [3.05, 3.63) is 120 Å². The number of benzene rings is 4. The first-order valence-corrected chi connectivity index (χ1v) is 12.3. The SMILES string of the molecule is COc1ccc(OCCn2cc(C=C3C(=O)N(c4ccccc4)c4ccccc43)c3ccccc32)cc1. The van der Waals surface area contributed by atoms with Gasteiger partial charge < -0.3 is 14.0 Å². The van der Waals surface area contributed by atoms with Crippen LogP contribution in [-0.4, -0.2) is 24.2 Å². The van der Waals surface area contributed by atoms with E-state index in [4.69, 9.17) is 9.47 Å². The molecule has 6 rings (SSSR count). The molecule has 1 aliphatic rings. The number of nitrogens with zero attached hydrogens (tertiary/aromatic N) is 2. The molecular weight excluding hydrogens is 460 g/mol. The summed E-state index contributed by atoms with van der Waals surface area (Å²) in [5, 5.41) is 1.10. The number of carbonyl (C=O) groups excluding carboxylic acids is 1. The maximum Gasteiger partial charge on any atom is 0.263 e. The van der Waals surface area contributed by atoms with E-state index in [0.29, 0.717) is 18.7 Å². The summed E-state index contributed by atoms with van der Waals surface area (Å²) in [4.78, 5) is 15.5. The lowest BCUT2D eigenvalue weighted by atomic mass is 10.0. The predicted molar refractivity (Wildman–Crippen MR) is 148 cm³/mol. The number of hydrogen-bond donors (Lipinski definition) is 0. The summed E-state index contributed by atoms with van der Waals surface area (Å²) in [6.07, 6.45) is 4.13. The van der Waals surface area contributed by atoms with Gasteiger partial charge in [-0.05, 0) is 54.6 Å². The number of amides is 1. The topological polar surface area (TPSA) is 43.7 Å². The molecule has 0 radical (unpaired) electrons. The van der Waals surface area contributed by atoms with E-state index in [-0.39, 0.29) is 5.91 Å². The van der Waals surface area contributed by atoms with Crippen LogP contribution >= 0.6 is 0 Å². The van der Waals surface area contributed by atoms with Crippen LogP contribution < -0.4 is 14.4 Å². The van der Waals surface area contributed by atoms with Gasteiger partial charge in [0.25, 0.3) is 5.91 Å². The van der Waals surface area contributed by atoms with Gasteiger partial charge in [0.1, 0.15) is 18.1 Å². The molecule has 0 saturated heterocycles. The van der Waals surface area contributed by atoms with Gasteiger partial charge >= 0.3 is 0 Å². The fourth-order valence-corrected chi connectivity index (χ4v) is 4.88. The first-order chi connectivity index (χ1) is 18.2. The van der Waals surface area contributed by atoms with E-state index in [9.17, 15) is 4.79 Å². The number of para-hydroxylation sites is 3. The molecule has 0 atom stereocenters. The largest absolute Gasteiger partial charge is 0.497 e. The molecule has 2 heterocycles. The smallest absolute Gasteiger partial charge is 0.263 e. The first-order valence-electron chi connectivity index (χ1n) is 12.3. The maximum absolute atomic E-state index is 13.7. The summed E-state index contributed by atoms with van der Waals surface area (Å²) in [5.74, 6) is 1.58. The monoisotopic (exact) mass is 486 g/mol. The average molecular weight is 487 g/mol. The second-order valence-electron chi connectivity index (χ2n) is 8.87. The minimum atomic E-state index is -0.0212. The van der Waals surface area contributed by atoms with Crippen molar-refractivity contribution in [1.29, 1.82) is 0 Å². The molecule has 5 nitrogen and oxygen atoms in total. The molecule has 0 unspecified atom stereocenters. The molecule has 5 heteroatoms. The van der Waals surface area contributed by atoms with Crippen molar-refractivity contribution in [2.75, 3.05) is 18.6 Å². The van der Waals surface area contributed by atoms with Crippen LogP contribution in [0.3, 0.4) is 0 Å². The van der Waals surface area contributed by atoms with Gasteiger partial charge in [-0.25, -0.2) is 0 Å². The van der Waals surface area contributed by atoms with Gasteiger partial charge in [0.15, 0.2) is 0 Å². The minimum Gasteiger partial charge on any atom is -0.497 e. The molecule has 0 saturated carbocycles. The molecule has 0 fully saturated rings. The number of carbonyl (C=O) groups is 1. The lowest BCUT2D eigenvalue weighted by Gasteiger charge is -2.16. The molecule has 37 heavy (non-hydrogen) atoms. The van der Waals surface area contributed by atoms with Crippen LogP contribution in [-0.2, 0) is 11.3 Å². The molecule has 1 amide bonds. The number of ether oxygens (including phenoxy) is 2. The van der Waals surface area contributed by atoms with Crippen LogP contribution in [0.5, 0.6) is 11.5 Å². The third-order valence-electron chi connectivity index (χ3n) is 6.66. The Bertz CT molecular complexity index is 1600. The number of fused-ring (bicyclic) bond motifs is 2. The Hall–Kier alpha value is -4.77. The number of methoxy groups -OCH3 is 1. The fourth-order valence-electron chi connectivity index (χ4n) is 4.88. The van der Waals surface area contributed by atoms with E-state index in [1.54, 1.807) is 12.0 Å². The van der Waals surface area contributed by atoms with Gasteiger partial charge in [0.05, 0.1) is 24.9 Å². The third-order valence-corrected chi connectivity index (χ3v) is 6.66. The van der Waals surface area contributed by atoms with Gasteiger partial charge in [-0.1, -0.05) is 54.6 Å². The second kappa shape index (κ2) is 9.70. The number of rotatable bonds is 7. The molecule has 182 valence electrons. The Morgan fingerprint density at radius 1 is 0.784 bits per heavy atom. The second-order valence-corrected chi connectivity index (χ2v) is 8.87. The van der Waals surface area contributed by atoms with E-state index in [1.165, 1.54) is 0 Å². The zero-order chi connectivity index (χ0) is 25.2. The number of anilines is 2. The van der Waals surface area contributed by atoms with E-state index in [1.807, 2.05) is 97.1 Å². The molecule has 5 aromatic rings. The Kier molecular flexibility index (Phi) is 5.95. The Balaban J connectivity index is 1.32. The zero-order valence-corrected chi connectivity index (χ0v) is 20.5. The van der Waals surface area contributed by atoms with Gasteiger partial charge in [0.2, 0.25) is 0 Å². The number of hydrogen-bond acceptors (Lipinski definition) is 3. The van der Waals surface area contributed by atoms with Gasteiger partial charge in [-0.15, -0.1) is 0 Å². The van der Waals surface area contributed by atoms with Crippen molar-refractivity contribution < 1.29 is 14.3 Å². The summed E-state index contributed by atoms with van der Waals surface area (Å²) in [5.41, 5.74) is 5.51. The van der Waals surface area contributed by atoms with Crippen LogP contribution in [0, 0.1) is 0 Å². The van der Waals surface area contributed by atoms with E-state index < -0.39 is 0 Å². The van der Waals surface area contributed by atoms with Crippen LogP contribution in [0.1, 0.15) is 11.1 Å². The standard InChI is InChI=1S/C32H26N2O3/c1-36-25-15-17-26(18-16-25)37-20-19-33-22-23(27-11-5-7-13-30(27)33)21-29-28-12-6-8-14-31(28)34(32(29)35)24-9-3-2-4-10-24/h2-18,21-22H,19-20H2,1H3. The summed E-state index contributed by atoms with van der Waals surface area (Å²) < 4.78 is 13.4. The molecule has 0 spiro atoms. The first kappa shape index (κ1) is 22.7. The maximum atomic E-state index is 13.7. The van der Waals surface area contributed by atoms with Crippen molar-refractivity contribution in [2.24, 2.45) is 0 Å². The summed E-state index contributed by atoms with van der Waals surface area (Å²) >= 11 is 0. The van der Waals surface area contributed by atoms with Crippen molar-refractivity contribution in [3.63, 3.8) is 0 Å². The summed E-state index contributed by atoms with van der Waals surface area (Å²) in [6.45, 7) is 1.20. The van der Waals surface area contributed by atoms with Crippen molar-refractivity contribution in [2.45, 2.75) is 6.54 Å². The van der Waals surface area contributed by atoms with Crippen LogP contribution in [0.25, 0.3) is 22.6 Å². The lowest BCUT2D eigenvalue weighted by molar-refractivity contribution is -0.112. The third kappa shape index (κ3) is 4.25. The van der Waals surface area contributed by atoms with E-state index in [0.717, 1.165) is 44.9 Å². The average Bonchev–Trinajstić information content (AvgIpc) is 3.44. The normalized spacial score (nSPS) is 13.8. The van der Waals surface area contributed by atoms with Gasteiger partial charge in [-0.3, -0.25) is 9.69 Å². The van der Waals surface area contributed by atoms with Crippen LogP contribution in [0.2, 0.25) is 0 Å². The number of aromatic nitrogens is 1. The zero-order valence-electron chi connectivity index (χ0n) is 20.5. The van der Waals surface area contributed by atoms with Crippen molar-refractivity contribution >= 4 is 39.8 Å². The lowest BCUT2D eigenvalue weighted by Crippen LogP contribution is -2.20. The quantitative estimate of drug-likeness (QED) is 0.234. The molecule has 0 bridgehead atoms. The fraction of sp³-hybridized carbons (Fsp3) is 0.0938. The molecule has 0 N–H and O–H groups in total. The molecule has 1 aliphatic heterocycles. The predicted octanol–water partition coefficient (Wildman–Crippen LogP) is 6.95. The Morgan fingerprint density at radius 2 is 1.49 bits per heavy atom. The highest BCUT2D eigenvalue weighted by atomic mass is 16.5. The highest BCUT2D eigenvalue weighted by Crippen LogP contribution is 2.42.